The Balaban J connectivity index is 1.57. The lowest BCUT2D eigenvalue weighted by Gasteiger charge is -2.23. The van der Waals surface area contributed by atoms with Crippen LogP contribution in [0.25, 0.3) is 0 Å². The molecule has 2 heterocycles. The van der Waals surface area contributed by atoms with Crippen LogP contribution in [-0.4, -0.2) is 16.7 Å². The van der Waals surface area contributed by atoms with E-state index in [1.165, 1.54) is 31.2 Å². The normalized spacial score (nSPS) is 19.2. The lowest BCUT2D eigenvalue weighted by atomic mass is 9.94. The number of nitrogens with one attached hydrogen (secondary N) is 1. The zero-order valence-corrected chi connectivity index (χ0v) is 10.4. The molecular formula is C12H15N3OS. The van der Waals surface area contributed by atoms with E-state index in [2.05, 4.69) is 26.9 Å². The van der Waals surface area contributed by atoms with Gasteiger partial charge >= 0.3 is 0 Å². The van der Waals surface area contributed by atoms with E-state index in [1.54, 1.807) is 4.88 Å². The van der Waals surface area contributed by atoms with Gasteiger partial charge in [0, 0.05) is 23.9 Å². The summed E-state index contributed by atoms with van der Waals surface area (Å²) < 4.78 is 4.71. The average molecular weight is 249 g/mol. The van der Waals surface area contributed by atoms with E-state index < -0.39 is 0 Å². The summed E-state index contributed by atoms with van der Waals surface area (Å²) in [5.74, 6) is 0.777. The van der Waals surface area contributed by atoms with E-state index in [0.717, 1.165) is 18.8 Å². The van der Waals surface area contributed by atoms with Crippen LogP contribution < -0.4 is 5.32 Å². The van der Waals surface area contributed by atoms with Crippen molar-refractivity contribution in [3.8, 4) is 0 Å². The Morgan fingerprint density at radius 2 is 2.53 bits per heavy atom. The second kappa shape index (κ2) is 4.98. The highest BCUT2D eigenvalue weighted by Crippen LogP contribution is 2.32. The number of thiophene rings is 1. The Kier molecular flexibility index (Phi) is 3.20. The van der Waals surface area contributed by atoms with Gasteiger partial charge in [-0.2, -0.15) is 4.98 Å². The van der Waals surface area contributed by atoms with Gasteiger partial charge < -0.3 is 9.84 Å². The van der Waals surface area contributed by atoms with Crippen molar-refractivity contribution in [2.75, 3.05) is 6.54 Å². The van der Waals surface area contributed by atoms with Crippen molar-refractivity contribution in [3.63, 3.8) is 0 Å². The maximum atomic E-state index is 4.71. The molecule has 1 unspecified atom stereocenters. The molecule has 17 heavy (non-hydrogen) atoms. The molecule has 2 aromatic rings. The number of hydrogen-bond acceptors (Lipinski definition) is 5. The molecule has 2 aromatic heterocycles. The topological polar surface area (TPSA) is 51.0 Å². The molecule has 0 amide bonds. The van der Waals surface area contributed by atoms with Gasteiger partial charge in [0.15, 0.2) is 5.82 Å². The maximum Gasteiger partial charge on any atom is 0.213 e. The van der Waals surface area contributed by atoms with Gasteiger partial charge in [0.1, 0.15) is 0 Å². The Labute approximate surface area is 104 Å². The third-order valence-corrected chi connectivity index (χ3v) is 4.19. The Hall–Kier alpha value is -1.20. The van der Waals surface area contributed by atoms with Crippen LogP contribution in [0.5, 0.6) is 0 Å². The average Bonchev–Trinajstić information content (AvgIpc) is 2.99. The van der Waals surface area contributed by atoms with Gasteiger partial charge in [-0.1, -0.05) is 5.16 Å². The summed E-state index contributed by atoms with van der Waals surface area (Å²) >= 11 is 1.88. The molecule has 0 spiro atoms. The molecule has 5 heteroatoms. The highest BCUT2D eigenvalue weighted by molar-refractivity contribution is 7.10. The van der Waals surface area contributed by atoms with Crippen molar-refractivity contribution in [1.29, 1.82) is 0 Å². The van der Waals surface area contributed by atoms with Crippen LogP contribution in [-0.2, 0) is 12.8 Å². The van der Waals surface area contributed by atoms with E-state index in [4.69, 9.17) is 4.52 Å². The van der Waals surface area contributed by atoms with Gasteiger partial charge in [0.05, 0.1) is 0 Å². The van der Waals surface area contributed by atoms with Crippen LogP contribution in [0, 0.1) is 0 Å². The number of aromatic nitrogens is 2. The standard InChI is InChI=1S/C12H15N3OS/c1-2-10(9-5-7-17-11(9)3-1)13-6-4-12-14-8-16-15-12/h5,7-8,10,13H,1-4,6H2. The monoisotopic (exact) mass is 249 g/mol. The van der Waals surface area contributed by atoms with Crippen molar-refractivity contribution in [2.24, 2.45) is 0 Å². The molecule has 1 atom stereocenters. The molecule has 3 rings (SSSR count). The highest BCUT2D eigenvalue weighted by Gasteiger charge is 2.20. The number of hydrogen-bond donors (Lipinski definition) is 1. The fourth-order valence-corrected chi connectivity index (χ4v) is 3.35. The molecule has 0 saturated heterocycles. The number of fused-ring (bicyclic) bond motifs is 1. The molecule has 1 aliphatic carbocycles. The van der Waals surface area contributed by atoms with Crippen LogP contribution in [0.1, 0.15) is 35.1 Å². The molecule has 0 bridgehead atoms. The molecule has 1 aliphatic rings. The number of nitrogens with zero attached hydrogens (tertiary/aromatic N) is 2. The van der Waals surface area contributed by atoms with Gasteiger partial charge in [0.2, 0.25) is 6.39 Å². The lowest BCUT2D eigenvalue weighted by Crippen LogP contribution is -2.26. The Morgan fingerprint density at radius 1 is 1.53 bits per heavy atom. The van der Waals surface area contributed by atoms with E-state index in [1.807, 2.05) is 11.3 Å². The van der Waals surface area contributed by atoms with Crippen LogP contribution in [0.15, 0.2) is 22.4 Å². The minimum Gasteiger partial charge on any atom is -0.343 e. The second-order valence-corrected chi connectivity index (χ2v) is 5.30. The predicted octanol–water partition coefficient (Wildman–Crippen LogP) is 2.34. The van der Waals surface area contributed by atoms with Crippen molar-refractivity contribution in [2.45, 2.75) is 31.7 Å². The van der Waals surface area contributed by atoms with Gasteiger partial charge in [-0.05, 0) is 36.3 Å². The van der Waals surface area contributed by atoms with Gasteiger partial charge in [-0.15, -0.1) is 11.3 Å². The summed E-state index contributed by atoms with van der Waals surface area (Å²) in [7, 11) is 0. The van der Waals surface area contributed by atoms with Crippen LogP contribution in [0.4, 0.5) is 0 Å². The smallest absolute Gasteiger partial charge is 0.213 e. The minimum absolute atomic E-state index is 0.511. The summed E-state index contributed by atoms with van der Waals surface area (Å²) in [6.45, 7) is 0.902. The Morgan fingerprint density at radius 3 is 3.41 bits per heavy atom. The van der Waals surface area contributed by atoms with Crippen molar-refractivity contribution < 1.29 is 4.52 Å². The fraction of sp³-hybridized carbons (Fsp3) is 0.500. The first-order chi connectivity index (χ1) is 8.43. The Bertz CT molecular complexity index is 466. The summed E-state index contributed by atoms with van der Waals surface area (Å²) in [4.78, 5) is 5.57. The van der Waals surface area contributed by atoms with Crippen LogP contribution in [0.2, 0.25) is 0 Å². The van der Waals surface area contributed by atoms with E-state index in [9.17, 15) is 0 Å². The molecule has 1 N–H and O–H groups in total. The third-order valence-electron chi connectivity index (χ3n) is 3.20. The molecule has 4 nitrogen and oxygen atoms in total. The minimum atomic E-state index is 0.511. The summed E-state index contributed by atoms with van der Waals surface area (Å²) in [5.41, 5.74) is 1.49. The van der Waals surface area contributed by atoms with E-state index >= 15 is 0 Å². The lowest BCUT2D eigenvalue weighted by molar-refractivity contribution is 0.406. The zero-order valence-electron chi connectivity index (χ0n) is 9.56. The molecule has 0 aromatic carbocycles. The first kappa shape index (κ1) is 10.9. The molecule has 0 aliphatic heterocycles. The highest BCUT2D eigenvalue weighted by atomic mass is 32.1. The quantitative estimate of drug-likeness (QED) is 0.903. The molecular weight excluding hydrogens is 234 g/mol. The number of aryl methyl sites for hydroxylation is 1. The van der Waals surface area contributed by atoms with E-state index in [0.29, 0.717) is 6.04 Å². The maximum absolute atomic E-state index is 4.71. The first-order valence-corrected chi connectivity index (χ1v) is 6.86. The van der Waals surface area contributed by atoms with Crippen molar-refractivity contribution in [3.05, 3.63) is 34.1 Å². The summed E-state index contributed by atoms with van der Waals surface area (Å²) in [6.07, 6.45) is 5.97. The zero-order chi connectivity index (χ0) is 11.5. The second-order valence-electron chi connectivity index (χ2n) is 4.30. The fourth-order valence-electron chi connectivity index (χ4n) is 2.36. The summed E-state index contributed by atoms with van der Waals surface area (Å²) in [5, 5.41) is 9.59. The van der Waals surface area contributed by atoms with Gasteiger partial charge in [-0.25, -0.2) is 0 Å². The largest absolute Gasteiger partial charge is 0.343 e. The van der Waals surface area contributed by atoms with Crippen molar-refractivity contribution >= 4 is 11.3 Å². The van der Waals surface area contributed by atoms with E-state index in [-0.39, 0.29) is 0 Å². The molecule has 0 saturated carbocycles. The van der Waals surface area contributed by atoms with Crippen LogP contribution in [0.3, 0.4) is 0 Å². The number of rotatable bonds is 4. The predicted molar refractivity (Wildman–Crippen MR) is 66.0 cm³/mol. The van der Waals surface area contributed by atoms with Gasteiger partial charge in [0.25, 0.3) is 0 Å². The molecule has 0 fully saturated rings. The van der Waals surface area contributed by atoms with Crippen molar-refractivity contribution in [1.82, 2.24) is 15.5 Å². The first-order valence-electron chi connectivity index (χ1n) is 5.98. The molecule has 90 valence electrons. The van der Waals surface area contributed by atoms with Gasteiger partial charge in [-0.3, -0.25) is 0 Å². The third kappa shape index (κ3) is 2.40. The SMILES string of the molecule is c1nc(CCNC2CCCc3sccc32)no1. The van der Waals surface area contributed by atoms with Crippen LogP contribution >= 0.6 is 11.3 Å². The summed E-state index contributed by atoms with van der Waals surface area (Å²) in [6, 6.07) is 2.77. The molecule has 0 radical (unpaired) electrons.